The average Bonchev–Trinajstić information content (AvgIpc) is 2.37. The second-order valence-electron chi connectivity index (χ2n) is 3.42. The van der Waals surface area contributed by atoms with Gasteiger partial charge in [-0.3, -0.25) is 4.79 Å². The standard InChI is InChI=1S/C11H15N3O3/c1-7(10(12)14-16)13-11(15)8-5-3-4-6-9(8)17-2/h3-7,16H,1-2H3,(H2,12,14)(H,13,15). The summed E-state index contributed by atoms with van der Waals surface area (Å²) in [6, 6.07) is 6.25. The summed E-state index contributed by atoms with van der Waals surface area (Å²) >= 11 is 0. The molecule has 0 fully saturated rings. The highest BCUT2D eigenvalue weighted by Gasteiger charge is 2.15. The predicted molar refractivity (Wildman–Crippen MR) is 63.3 cm³/mol. The van der Waals surface area contributed by atoms with E-state index in [1.54, 1.807) is 31.2 Å². The minimum atomic E-state index is -0.558. The number of benzene rings is 1. The van der Waals surface area contributed by atoms with Crippen LogP contribution in [0.4, 0.5) is 0 Å². The number of hydrogen-bond donors (Lipinski definition) is 3. The Morgan fingerprint density at radius 2 is 2.18 bits per heavy atom. The Morgan fingerprint density at radius 1 is 1.53 bits per heavy atom. The molecule has 1 aromatic rings. The number of para-hydroxylation sites is 1. The Bertz CT molecular complexity index is 432. The molecule has 0 radical (unpaired) electrons. The van der Waals surface area contributed by atoms with E-state index in [0.717, 1.165) is 0 Å². The third-order valence-corrected chi connectivity index (χ3v) is 2.26. The highest BCUT2D eigenvalue weighted by atomic mass is 16.5. The quantitative estimate of drug-likeness (QED) is 0.308. The van der Waals surface area contributed by atoms with Gasteiger partial charge < -0.3 is 21.0 Å². The van der Waals surface area contributed by atoms with E-state index in [4.69, 9.17) is 15.7 Å². The summed E-state index contributed by atoms with van der Waals surface area (Å²) in [6.45, 7) is 1.61. The Kier molecular flexibility index (Phi) is 4.33. The molecular weight excluding hydrogens is 222 g/mol. The number of carbonyl (C=O) groups excluding carboxylic acids is 1. The van der Waals surface area contributed by atoms with Crippen molar-refractivity contribution in [3.63, 3.8) is 0 Å². The van der Waals surface area contributed by atoms with Crippen molar-refractivity contribution in [3.05, 3.63) is 29.8 Å². The van der Waals surface area contributed by atoms with Crippen molar-refractivity contribution in [2.45, 2.75) is 13.0 Å². The first-order chi connectivity index (χ1) is 8.10. The van der Waals surface area contributed by atoms with Crippen LogP contribution in [-0.4, -0.2) is 30.1 Å². The Morgan fingerprint density at radius 3 is 2.76 bits per heavy atom. The summed E-state index contributed by atoms with van der Waals surface area (Å²) < 4.78 is 5.06. The van der Waals surface area contributed by atoms with Crippen LogP contribution in [0.5, 0.6) is 5.75 Å². The number of amides is 1. The molecular formula is C11H15N3O3. The van der Waals surface area contributed by atoms with Crippen LogP contribution >= 0.6 is 0 Å². The number of nitrogens with two attached hydrogens (primary N) is 1. The predicted octanol–water partition coefficient (Wildman–Crippen LogP) is 0.560. The lowest BCUT2D eigenvalue weighted by molar-refractivity contribution is 0.0945. The van der Waals surface area contributed by atoms with Crippen LogP contribution in [0.15, 0.2) is 29.4 Å². The molecule has 17 heavy (non-hydrogen) atoms. The smallest absolute Gasteiger partial charge is 0.255 e. The molecule has 0 spiro atoms. The maximum absolute atomic E-state index is 11.9. The Balaban J connectivity index is 2.83. The lowest BCUT2D eigenvalue weighted by atomic mass is 10.1. The maximum Gasteiger partial charge on any atom is 0.255 e. The molecule has 1 rings (SSSR count). The van der Waals surface area contributed by atoms with Crippen LogP contribution in [0.25, 0.3) is 0 Å². The summed E-state index contributed by atoms with van der Waals surface area (Å²) in [5.41, 5.74) is 5.76. The van der Waals surface area contributed by atoms with Gasteiger partial charge in [-0.25, -0.2) is 0 Å². The average molecular weight is 237 g/mol. The van der Waals surface area contributed by atoms with Crippen molar-refractivity contribution in [2.75, 3.05) is 7.11 Å². The fraction of sp³-hybridized carbons (Fsp3) is 0.273. The zero-order valence-electron chi connectivity index (χ0n) is 9.68. The molecule has 4 N–H and O–H groups in total. The van der Waals surface area contributed by atoms with Gasteiger partial charge >= 0.3 is 0 Å². The number of carbonyl (C=O) groups is 1. The number of ether oxygens (including phenoxy) is 1. The van der Waals surface area contributed by atoms with E-state index in [0.29, 0.717) is 11.3 Å². The van der Waals surface area contributed by atoms with Gasteiger partial charge in [-0.15, -0.1) is 0 Å². The van der Waals surface area contributed by atoms with Gasteiger partial charge in [-0.1, -0.05) is 17.3 Å². The van der Waals surface area contributed by atoms with E-state index in [2.05, 4.69) is 10.5 Å². The fourth-order valence-corrected chi connectivity index (χ4v) is 1.27. The summed E-state index contributed by atoms with van der Waals surface area (Å²) in [6.07, 6.45) is 0. The van der Waals surface area contributed by atoms with Crippen LogP contribution in [0, 0.1) is 0 Å². The van der Waals surface area contributed by atoms with Gasteiger partial charge in [0.25, 0.3) is 5.91 Å². The normalized spacial score (nSPS) is 12.9. The molecule has 1 atom stereocenters. The van der Waals surface area contributed by atoms with E-state index in [1.165, 1.54) is 7.11 Å². The SMILES string of the molecule is COc1ccccc1C(=O)NC(C)/C(N)=N/O. The van der Waals surface area contributed by atoms with E-state index in [9.17, 15) is 4.79 Å². The van der Waals surface area contributed by atoms with E-state index in [1.807, 2.05) is 0 Å². The molecule has 0 aliphatic rings. The lowest BCUT2D eigenvalue weighted by Crippen LogP contribution is -2.42. The zero-order valence-corrected chi connectivity index (χ0v) is 9.68. The number of hydrogen-bond acceptors (Lipinski definition) is 4. The van der Waals surface area contributed by atoms with Crippen molar-refractivity contribution in [2.24, 2.45) is 10.9 Å². The third kappa shape index (κ3) is 3.10. The van der Waals surface area contributed by atoms with Gasteiger partial charge in [-0.2, -0.15) is 0 Å². The molecule has 0 heterocycles. The van der Waals surface area contributed by atoms with Gasteiger partial charge in [0.05, 0.1) is 18.7 Å². The van der Waals surface area contributed by atoms with Crippen molar-refractivity contribution < 1.29 is 14.7 Å². The topological polar surface area (TPSA) is 96.9 Å². The summed E-state index contributed by atoms with van der Waals surface area (Å²) in [5, 5.41) is 13.9. The second-order valence-corrected chi connectivity index (χ2v) is 3.42. The molecule has 6 nitrogen and oxygen atoms in total. The van der Waals surface area contributed by atoms with Crippen LogP contribution in [0.3, 0.4) is 0 Å². The van der Waals surface area contributed by atoms with Crippen molar-refractivity contribution in [1.82, 2.24) is 5.32 Å². The summed E-state index contributed by atoms with van der Waals surface area (Å²) in [7, 11) is 1.49. The molecule has 1 amide bonds. The lowest BCUT2D eigenvalue weighted by Gasteiger charge is -2.13. The molecule has 92 valence electrons. The van der Waals surface area contributed by atoms with Gasteiger partial charge in [0, 0.05) is 0 Å². The van der Waals surface area contributed by atoms with Gasteiger partial charge in [0.1, 0.15) is 5.75 Å². The Hall–Kier alpha value is -2.24. The number of nitrogens with one attached hydrogen (secondary N) is 1. The van der Waals surface area contributed by atoms with Crippen molar-refractivity contribution in [1.29, 1.82) is 0 Å². The minimum absolute atomic E-state index is 0.0618. The van der Waals surface area contributed by atoms with Crippen molar-refractivity contribution in [3.8, 4) is 5.75 Å². The van der Waals surface area contributed by atoms with Crippen LogP contribution in [-0.2, 0) is 0 Å². The zero-order chi connectivity index (χ0) is 12.8. The van der Waals surface area contributed by atoms with E-state index >= 15 is 0 Å². The number of rotatable bonds is 4. The molecule has 0 aliphatic heterocycles. The Labute approximate surface area is 99.1 Å². The molecule has 0 aromatic heterocycles. The highest BCUT2D eigenvalue weighted by molar-refractivity contribution is 6.00. The third-order valence-electron chi connectivity index (χ3n) is 2.26. The molecule has 0 aliphatic carbocycles. The van der Waals surface area contributed by atoms with Gasteiger partial charge in [-0.05, 0) is 19.1 Å². The molecule has 0 bridgehead atoms. The first kappa shape index (κ1) is 12.8. The number of amidine groups is 1. The van der Waals surface area contributed by atoms with Crippen LogP contribution in [0.2, 0.25) is 0 Å². The molecule has 1 unspecified atom stereocenters. The maximum atomic E-state index is 11.9. The largest absolute Gasteiger partial charge is 0.496 e. The van der Waals surface area contributed by atoms with Gasteiger partial charge in [0.2, 0.25) is 0 Å². The van der Waals surface area contributed by atoms with Crippen LogP contribution < -0.4 is 15.8 Å². The van der Waals surface area contributed by atoms with Crippen LogP contribution in [0.1, 0.15) is 17.3 Å². The number of oxime groups is 1. The highest BCUT2D eigenvalue weighted by Crippen LogP contribution is 2.16. The monoisotopic (exact) mass is 237 g/mol. The summed E-state index contributed by atoms with van der Waals surface area (Å²) in [5.74, 6) is 0.0616. The molecule has 0 saturated carbocycles. The molecule has 6 heteroatoms. The molecule has 1 aromatic carbocycles. The number of methoxy groups -OCH3 is 1. The summed E-state index contributed by atoms with van der Waals surface area (Å²) in [4.78, 5) is 11.9. The molecule has 0 saturated heterocycles. The second kappa shape index (κ2) is 5.74. The fourth-order valence-electron chi connectivity index (χ4n) is 1.27. The first-order valence-electron chi connectivity index (χ1n) is 5.01. The number of nitrogens with zero attached hydrogens (tertiary/aromatic N) is 1. The first-order valence-corrected chi connectivity index (χ1v) is 5.01. The van der Waals surface area contributed by atoms with E-state index in [-0.39, 0.29) is 11.7 Å². The van der Waals surface area contributed by atoms with E-state index < -0.39 is 6.04 Å². The minimum Gasteiger partial charge on any atom is -0.496 e. The van der Waals surface area contributed by atoms with Crippen molar-refractivity contribution >= 4 is 11.7 Å². The van der Waals surface area contributed by atoms with Gasteiger partial charge in [0.15, 0.2) is 5.84 Å².